The molecule has 0 aliphatic rings. The Balaban J connectivity index is 0.000000749. The van der Waals surface area contributed by atoms with E-state index in [2.05, 4.69) is 25.0 Å². The van der Waals surface area contributed by atoms with Gasteiger partial charge in [0.25, 0.3) is 5.91 Å². The van der Waals surface area contributed by atoms with Gasteiger partial charge in [-0.1, -0.05) is 6.07 Å². The van der Waals surface area contributed by atoms with Crippen molar-refractivity contribution < 1.29 is 22.7 Å². The predicted molar refractivity (Wildman–Crippen MR) is 102 cm³/mol. The maximum absolute atomic E-state index is 12.2. The summed E-state index contributed by atoms with van der Waals surface area (Å²) in [5.41, 5.74) is 6.56. The standard InChI is InChI=1S/C15H15F3N4O2.C4H11N/c1-9-6-12(20-8-19-9)14(23)21-10(2)11-4-3-5-13(22-11)24-7-15(16,17)18;1-4(2,3)5/h3-6,8,10H,7H2,1-2H3,(H,21,23);5H2,1-3H3. The zero-order valence-electron chi connectivity index (χ0n) is 17.0. The SMILES string of the molecule is CC(C)(C)N.Cc1cc(C(=O)NC(C)c2cccc(OCC(F)(F)F)n2)ncn1. The Kier molecular flexibility index (Phi) is 8.50. The summed E-state index contributed by atoms with van der Waals surface area (Å²) in [6, 6.07) is 5.39. The first-order valence-corrected chi connectivity index (χ1v) is 8.79. The molecule has 0 saturated carbocycles. The first-order chi connectivity index (χ1) is 13.2. The third-order valence-electron chi connectivity index (χ3n) is 2.96. The Morgan fingerprint density at radius 2 is 1.86 bits per heavy atom. The lowest BCUT2D eigenvalue weighted by atomic mass is 10.1. The fourth-order valence-electron chi connectivity index (χ4n) is 1.83. The van der Waals surface area contributed by atoms with Crippen LogP contribution >= 0.6 is 0 Å². The molecule has 0 aliphatic heterocycles. The van der Waals surface area contributed by atoms with Crippen molar-refractivity contribution in [3.8, 4) is 5.88 Å². The van der Waals surface area contributed by atoms with E-state index in [1.54, 1.807) is 19.9 Å². The number of ether oxygens (including phenoxy) is 1. The number of nitrogens with two attached hydrogens (primary N) is 1. The van der Waals surface area contributed by atoms with Crippen molar-refractivity contribution in [3.05, 3.63) is 47.7 Å². The maximum atomic E-state index is 12.2. The number of alkyl halides is 3. The lowest BCUT2D eigenvalue weighted by molar-refractivity contribution is -0.154. The molecule has 3 N–H and O–H groups in total. The zero-order chi connectivity index (χ0) is 22.2. The number of amides is 1. The highest BCUT2D eigenvalue weighted by Crippen LogP contribution is 2.19. The van der Waals surface area contributed by atoms with Crippen molar-refractivity contribution in [1.82, 2.24) is 20.3 Å². The summed E-state index contributed by atoms with van der Waals surface area (Å²) in [6.07, 6.45) is -3.17. The van der Waals surface area contributed by atoms with Crippen LogP contribution in [0.4, 0.5) is 13.2 Å². The fraction of sp³-hybridized carbons (Fsp3) is 0.474. The average Bonchev–Trinajstić information content (AvgIpc) is 2.58. The number of halogens is 3. The molecule has 0 radical (unpaired) electrons. The molecule has 1 atom stereocenters. The van der Waals surface area contributed by atoms with E-state index in [9.17, 15) is 18.0 Å². The van der Waals surface area contributed by atoms with Gasteiger partial charge in [0.1, 0.15) is 12.0 Å². The Labute approximate surface area is 167 Å². The lowest BCUT2D eigenvalue weighted by Crippen LogP contribution is -2.28. The van der Waals surface area contributed by atoms with E-state index in [0.29, 0.717) is 11.4 Å². The highest BCUT2D eigenvalue weighted by atomic mass is 19.4. The molecule has 2 heterocycles. The smallest absolute Gasteiger partial charge is 0.422 e. The van der Waals surface area contributed by atoms with E-state index < -0.39 is 24.7 Å². The molecular formula is C19H26F3N5O2. The Hall–Kier alpha value is -2.75. The third kappa shape index (κ3) is 11.0. The van der Waals surface area contributed by atoms with Gasteiger partial charge in [0.15, 0.2) is 6.61 Å². The molecule has 0 saturated heterocycles. The predicted octanol–water partition coefficient (Wildman–Crippen LogP) is 3.36. The van der Waals surface area contributed by atoms with Gasteiger partial charge in [-0.25, -0.2) is 15.0 Å². The number of pyridine rings is 1. The summed E-state index contributed by atoms with van der Waals surface area (Å²) >= 11 is 0. The van der Waals surface area contributed by atoms with Crippen LogP contribution in [0.2, 0.25) is 0 Å². The number of hydrogen-bond donors (Lipinski definition) is 2. The van der Waals surface area contributed by atoms with Crippen LogP contribution in [0.25, 0.3) is 0 Å². The molecule has 0 bridgehead atoms. The summed E-state index contributed by atoms with van der Waals surface area (Å²) in [5, 5.41) is 2.67. The summed E-state index contributed by atoms with van der Waals surface area (Å²) in [7, 11) is 0. The minimum atomic E-state index is -4.44. The van der Waals surface area contributed by atoms with Gasteiger partial charge in [-0.3, -0.25) is 4.79 Å². The highest BCUT2D eigenvalue weighted by Gasteiger charge is 2.28. The number of nitrogens with zero attached hydrogens (tertiary/aromatic N) is 3. The van der Waals surface area contributed by atoms with Gasteiger partial charge in [-0.05, 0) is 46.8 Å². The molecule has 2 aromatic heterocycles. The lowest BCUT2D eigenvalue weighted by Gasteiger charge is -2.15. The normalized spacial score (nSPS) is 12.4. The Morgan fingerprint density at radius 1 is 1.24 bits per heavy atom. The molecule has 2 aromatic rings. The van der Waals surface area contributed by atoms with Crippen LogP contribution in [0, 0.1) is 6.92 Å². The van der Waals surface area contributed by atoms with Crippen LogP contribution in [0.5, 0.6) is 5.88 Å². The Bertz CT molecular complexity index is 801. The average molecular weight is 413 g/mol. The maximum Gasteiger partial charge on any atom is 0.422 e. The van der Waals surface area contributed by atoms with Crippen LogP contribution in [-0.4, -0.2) is 39.2 Å². The zero-order valence-corrected chi connectivity index (χ0v) is 17.0. The molecule has 1 unspecified atom stereocenters. The second-order valence-electron chi connectivity index (χ2n) is 7.41. The van der Waals surface area contributed by atoms with Crippen LogP contribution < -0.4 is 15.8 Å². The minimum absolute atomic E-state index is 0. The van der Waals surface area contributed by atoms with Crippen molar-refractivity contribution in [2.24, 2.45) is 5.73 Å². The highest BCUT2D eigenvalue weighted by molar-refractivity contribution is 5.92. The van der Waals surface area contributed by atoms with Gasteiger partial charge in [-0.2, -0.15) is 13.2 Å². The van der Waals surface area contributed by atoms with Crippen LogP contribution in [0.3, 0.4) is 0 Å². The van der Waals surface area contributed by atoms with Crippen molar-refractivity contribution in [1.29, 1.82) is 0 Å². The molecule has 0 fully saturated rings. The van der Waals surface area contributed by atoms with E-state index in [1.807, 2.05) is 20.8 Å². The molecule has 7 nitrogen and oxygen atoms in total. The van der Waals surface area contributed by atoms with Crippen LogP contribution in [0.1, 0.15) is 55.6 Å². The van der Waals surface area contributed by atoms with Gasteiger partial charge in [0.2, 0.25) is 5.88 Å². The molecular weight excluding hydrogens is 387 g/mol. The van der Waals surface area contributed by atoms with E-state index in [4.69, 9.17) is 5.73 Å². The largest absolute Gasteiger partial charge is 0.468 e. The molecule has 2 rings (SSSR count). The van der Waals surface area contributed by atoms with Gasteiger partial charge >= 0.3 is 6.18 Å². The van der Waals surface area contributed by atoms with Crippen molar-refractivity contribution in [2.75, 3.05) is 6.61 Å². The topological polar surface area (TPSA) is 103 Å². The van der Waals surface area contributed by atoms with Crippen molar-refractivity contribution >= 4 is 5.91 Å². The summed E-state index contributed by atoms with van der Waals surface area (Å²) in [4.78, 5) is 23.9. The number of aryl methyl sites for hydroxylation is 1. The number of nitrogens with one attached hydrogen (secondary N) is 1. The molecule has 29 heavy (non-hydrogen) atoms. The number of rotatable bonds is 5. The molecule has 0 spiro atoms. The Morgan fingerprint density at radius 3 is 2.41 bits per heavy atom. The van der Waals surface area contributed by atoms with Crippen molar-refractivity contribution in [2.45, 2.75) is 52.4 Å². The van der Waals surface area contributed by atoms with Crippen LogP contribution in [-0.2, 0) is 0 Å². The van der Waals surface area contributed by atoms with E-state index in [0.717, 1.165) is 0 Å². The van der Waals surface area contributed by atoms with E-state index >= 15 is 0 Å². The number of aromatic nitrogens is 3. The summed E-state index contributed by atoms with van der Waals surface area (Å²) in [6.45, 7) is 7.85. The molecule has 0 aliphatic carbocycles. The van der Waals surface area contributed by atoms with E-state index in [1.165, 1.54) is 24.5 Å². The molecule has 1 amide bonds. The van der Waals surface area contributed by atoms with Gasteiger partial charge in [-0.15, -0.1) is 0 Å². The summed E-state index contributed by atoms with van der Waals surface area (Å²) in [5.74, 6) is -0.597. The van der Waals surface area contributed by atoms with Gasteiger partial charge in [0, 0.05) is 17.3 Å². The van der Waals surface area contributed by atoms with Crippen LogP contribution in [0.15, 0.2) is 30.6 Å². The quantitative estimate of drug-likeness (QED) is 0.779. The minimum Gasteiger partial charge on any atom is -0.468 e. The molecule has 10 heteroatoms. The van der Waals surface area contributed by atoms with E-state index in [-0.39, 0.29) is 17.1 Å². The molecule has 160 valence electrons. The summed E-state index contributed by atoms with van der Waals surface area (Å²) < 4.78 is 41.1. The second-order valence-corrected chi connectivity index (χ2v) is 7.41. The number of carbonyl (C=O) groups excluding carboxylic acids is 1. The molecule has 0 aromatic carbocycles. The first-order valence-electron chi connectivity index (χ1n) is 8.79. The first kappa shape index (κ1) is 24.3. The van der Waals surface area contributed by atoms with Gasteiger partial charge in [0.05, 0.1) is 11.7 Å². The van der Waals surface area contributed by atoms with Gasteiger partial charge < -0.3 is 15.8 Å². The number of hydrogen-bond acceptors (Lipinski definition) is 6. The second kappa shape index (κ2) is 10.1. The number of carbonyl (C=O) groups is 1. The van der Waals surface area contributed by atoms with Crippen molar-refractivity contribution in [3.63, 3.8) is 0 Å². The fourth-order valence-corrected chi connectivity index (χ4v) is 1.83. The third-order valence-corrected chi connectivity index (χ3v) is 2.96. The monoisotopic (exact) mass is 413 g/mol.